The minimum Gasteiger partial charge on any atom is -0.546 e. The Labute approximate surface area is 153 Å². The Morgan fingerprint density at radius 3 is 2.84 bits per heavy atom. The molecule has 0 N–H and O–H groups in total. The number of nitrogens with zero attached hydrogens (tertiary/aromatic N) is 1. The summed E-state index contributed by atoms with van der Waals surface area (Å²) in [7, 11) is 0. The van der Waals surface area contributed by atoms with Crippen LogP contribution in [0.15, 0.2) is 52.0 Å². The summed E-state index contributed by atoms with van der Waals surface area (Å²) >= 11 is 6.45. The number of aliphatic carboxylic acids is 1. The quantitative estimate of drug-likeness (QED) is 0.563. The summed E-state index contributed by atoms with van der Waals surface area (Å²) in [5, 5.41) is 10.6. The van der Waals surface area contributed by atoms with Crippen LogP contribution in [0.4, 0.5) is 0 Å². The van der Waals surface area contributed by atoms with Crippen molar-refractivity contribution in [2.45, 2.75) is 6.54 Å². The van der Waals surface area contributed by atoms with Gasteiger partial charge in [-0.3, -0.25) is 9.69 Å². The number of thiocarbonyl (C=S) groups is 1. The first kappa shape index (κ1) is 17.2. The van der Waals surface area contributed by atoms with E-state index in [0.717, 1.165) is 0 Å². The van der Waals surface area contributed by atoms with Crippen LogP contribution in [0.5, 0.6) is 5.75 Å². The van der Waals surface area contributed by atoms with Crippen LogP contribution < -0.4 is 9.84 Å². The first-order valence-electron chi connectivity index (χ1n) is 7.24. The number of furan rings is 1. The van der Waals surface area contributed by atoms with Crippen molar-refractivity contribution in [1.82, 2.24) is 4.90 Å². The fourth-order valence-electron chi connectivity index (χ4n) is 2.20. The van der Waals surface area contributed by atoms with Crippen molar-refractivity contribution in [3.8, 4) is 5.75 Å². The minimum absolute atomic E-state index is 0.235. The number of carbonyl (C=O) groups is 2. The van der Waals surface area contributed by atoms with Crippen LogP contribution in [0.25, 0.3) is 6.08 Å². The number of thioether (sulfide) groups is 1. The van der Waals surface area contributed by atoms with Crippen LogP contribution in [0.2, 0.25) is 0 Å². The van der Waals surface area contributed by atoms with Crippen LogP contribution in [0.1, 0.15) is 11.3 Å². The average Bonchev–Trinajstić information content (AvgIpc) is 3.18. The first-order valence-corrected chi connectivity index (χ1v) is 8.46. The van der Waals surface area contributed by atoms with Gasteiger partial charge in [0.05, 0.1) is 23.7 Å². The molecule has 1 amide bonds. The number of benzene rings is 1. The summed E-state index contributed by atoms with van der Waals surface area (Å²) in [6, 6.07) is 10.3. The van der Waals surface area contributed by atoms with E-state index in [1.54, 1.807) is 42.5 Å². The van der Waals surface area contributed by atoms with Crippen molar-refractivity contribution >= 4 is 46.3 Å². The molecule has 0 aliphatic carbocycles. The Hall–Kier alpha value is -2.58. The Bertz CT molecular complexity index is 844. The number of carboxylic acid groups (broad SMARTS) is 1. The average molecular weight is 374 g/mol. The van der Waals surface area contributed by atoms with E-state index in [-0.39, 0.29) is 12.5 Å². The molecule has 3 rings (SSSR count). The zero-order valence-electron chi connectivity index (χ0n) is 12.8. The number of amides is 1. The highest BCUT2D eigenvalue weighted by molar-refractivity contribution is 8.26. The highest BCUT2D eigenvalue weighted by Crippen LogP contribution is 2.35. The molecule has 0 spiro atoms. The molecule has 1 aromatic carbocycles. The monoisotopic (exact) mass is 374 g/mol. The van der Waals surface area contributed by atoms with Crippen LogP contribution in [0.3, 0.4) is 0 Å². The Morgan fingerprint density at radius 2 is 2.12 bits per heavy atom. The van der Waals surface area contributed by atoms with Crippen LogP contribution >= 0.6 is 24.0 Å². The molecule has 1 aliphatic rings. The Morgan fingerprint density at radius 1 is 1.32 bits per heavy atom. The third kappa shape index (κ3) is 4.09. The maximum atomic E-state index is 12.6. The van der Waals surface area contributed by atoms with Gasteiger partial charge in [0.15, 0.2) is 0 Å². The highest BCUT2D eigenvalue weighted by atomic mass is 32.2. The van der Waals surface area contributed by atoms with Gasteiger partial charge in [-0.05, 0) is 24.3 Å². The minimum atomic E-state index is -1.32. The van der Waals surface area contributed by atoms with Crippen molar-refractivity contribution in [2.75, 3.05) is 6.61 Å². The molecular weight excluding hydrogens is 362 g/mol. The van der Waals surface area contributed by atoms with Gasteiger partial charge in [0, 0.05) is 5.56 Å². The summed E-state index contributed by atoms with van der Waals surface area (Å²) in [5.41, 5.74) is 0.585. The molecule has 0 atom stereocenters. The second kappa shape index (κ2) is 7.54. The SMILES string of the molecule is O=C([O-])COc1ccccc1/C=C1/SC(=S)N(Cc2ccco2)C1=O. The maximum absolute atomic E-state index is 12.6. The van der Waals surface area contributed by atoms with Gasteiger partial charge in [-0.15, -0.1) is 0 Å². The van der Waals surface area contributed by atoms with Gasteiger partial charge in [-0.2, -0.15) is 0 Å². The Balaban J connectivity index is 1.81. The second-order valence-corrected chi connectivity index (χ2v) is 6.72. The number of carbonyl (C=O) groups excluding carboxylic acids is 2. The number of para-hydroxylation sites is 1. The van der Waals surface area contributed by atoms with Gasteiger partial charge in [0.25, 0.3) is 5.91 Å². The number of ether oxygens (including phenoxy) is 1. The number of hydrogen-bond acceptors (Lipinski definition) is 7. The van der Waals surface area contributed by atoms with Gasteiger partial charge < -0.3 is 19.1 Å². The van der Waals surface area contributed by atoms with E-state index in [9.17, 15) is 14.7 Å². The lowest BCUT2D eigenvalue weighted by Gasteiger charge is -2.12. The zero-order chi connectivity index (χ0) is 17.8. The molecule has 2 aromatic rings. The number of rotatable bonds is 6. The predicted octanol–water partition coefficient (Wildman–Crippen LogP) is 1.81. The lowest BCUT2D eigenvalue weighted by atomic mass is 10.2. The molecule has 25 heavy (non-hydrogen) atoms. The van der Waals surface area contributed by atoms with Gasteiger partial charge in [-0.25, -0.2) is 0 Å². The van der Waals surface area contributed by atoms with Gasteiger partial charge in [0.2, 0.25) is 0 Å². The van der Waals surface area contributed by atoms with Crippen molar-refractivity contribution in [3.05, 3.63) is 58.9 Å². The normalized spacial score (nSPS) is 15.8. The van der Waals surface area contributed by atoms with Gasteiger partial charge in [-0.1, -0.05) is 42.2 Å². The topological polar surface area (TPSA) is 82.8 Å². The van der Waals surface area contributed by atoms with Gasteiger partial charge in [0.1, 0.15) is 22.4 Å². The van der Waals surface area contributed by atoms with E-state index in [2.05, 4.69) is 0 Å². The lowest BCUT2D eigenvalue weighted by molar-refractivity contribution is -0.307. The molecule has 0 saturated carbocycles. The number of carboxylic acids is 1. The van der Waals surface area contributed by atoms with E-state index < -0.39 is 12.6 Å². The largest absolute Gasteiger partial charge is 0.546 e. The van der Waals surface area contributed by atoms with Crippen molar-refractivity contribution in [2.24, 2.45) is 0 Å². The third-order valence-electron chi connectivity index (χ3n) is 3.32. The molecule has 6 nitrogen and oxygen atoms in total. The van der Waals surface area contributed by atoms with Gasteiger partial charge >= 0.3 is 0 Å². The highest BCUT2D eigenvalue weighted by Gasteiger charge is 2.32. The first-order chi connectivity index (χ1) is 12.0. The molecule has 0 radical (unpaired) electrons. The molecule has 8 heteroatoms. The summed E-state index contributed by atoms with van der Waals surface area (Å²) in [5.74, 6) is -0.570. The summed E-state index contributed by atoms with van der Waals surface area (Å²) in [6.45, 7) is -0.303. The fraction of sp³-hybridized carbons (Fsp3) is 0.118. The van der Waals surface area contributed by atoms with Crippen LogP contribution in [-0.2, 0) is 16.1 Å². The standard InChI is InChI=1S/C17H13NO5S2/c19-15(20)10-23-13-6-2-1-4-11(13)8-14-16(21)18(17(24)25-14)9-12-5-3-7-22-12/h1-8H,9-10H2,(H,19,20)/p-1/b14-8+. The van der Waals surface area contributed by atoms with E-state index in [4.69, 9.17) is 21.4 Å². The molecule has 1 saturated heterocycles. The molecule has 0 unspecified atom stereocenters. The van der Waals surface area contributed by atoms with E-state index >= 15 is 0 Å². The molecule has 2 heterocycles. The molecule has 0 bridgehead atoms. The lowest BCUT2D eigenvalue weighted by Crippen LogP contribution is -2.29. The number of hydrogen-bond donors (Lipinski definition) is 0. The summed E-state index contributed by atoms with van der Waals surface area (Å²) < 4.78 is 10.9. The van der Waals surface area contributed by atoms with E-state index in [0.29, 0.717) is 26.3 Å². The smallest absolute Gasteiger partial charge is 0.266 e. The van der Waals surface area contributed by atoms with Crippen LogP contribution in [0, 0.1) is 0 Å². The summed E-state index contributed by atoms with van der Waals surface area (Å²) in [6.07, 6.45) is 3.17. The van der Waals surface area contributed by atoms with Crippen molar-refractivity contribution in [1.29, 1.82) is 0 Å². The van der Waals surface area contributed by atoms with E-state index in [1.807, 2.05) is 0 Å². The molecule has 128 valence electrons. The summed E-state index contributed by atoms with van der Waals surface area (Å²) in [4.78, 5) is 25.0. The third-order valence-corrected chi connectivity index (χ3v) is 4.70. The van der Waals surface area contributed by atoms with Crippen molar-refractivity contribution < 1.29 is 23.8 Å². The molecule has 1 aliphatic heterocycles. The molecule has 1 aromatic heterocycles. The Kier molecular flexibility index (Phi) is 5.20. The zero-order valence-corrected chi connectivity index (χ0v) is 14.5. The van der Waals surface area contributed by atoms with Crippen LogP contribution in [-0.4, -0.2) is 27.7 Å². The van der Waals surface area contributed by atoms with Crippen molar-refractivity contribution in [3.63, 3.8) is 0 Å². The maximum Gasteiger partial charge on any atom is 0.266 e. The van der Waals surface area contributed by atoms with E-state index in [1.165, 1.54) is 22.9 Å². The molecule has 1 fully saturated rings. The fourth-order valence-corrected chi connectivity index (χ4v) is 3.45. The second-order valence-electron chi connectivity index (χ2n) is 5.05. The predicted molar refractivity (Wildman–Crippen MR) is 94.4 cm³/mol. The molecular formula is C17H12NO5S2-.